The number of hydrogen-bond donors (Lipinski definition) is 1. The van der Waals surface area contributed by atoms with E-state index in [4.69, 9.17) is 5.11 Å². The molecule has 1 heterocycles. The molecule has 1 aromatic heterocycles. The Morgan fingerprint density at radius 1 is 1.47 bits per heavy atom. The third kappa shape index (κ3) is 2.83. The van der Waals surface area contributed by atoms with Crippen LogP contribution in [-0.2, 0) is 13.0 Å². The fourth-order valence-corrected chi connectivity index (χ4v) is 3.07. The van der Waals surface area contributed by atoms with Crippen molar-refractivity contribution < 1.29 is 9.50 Å². The number of benzene rings is 1. The zero-order valence-electron chi connectivity index (χ0n) is 9.18. The zero-order valence-corrected chi connectivity index (χ0v) is 10.8. The first-order valence-corrected chi connectivity index (χ1v) is 6.72. The van der Waals surface area contributed by atoms with Gasteiger partial charge in [0.15, 0.2) is 4.34 Å². The van der Waals surface area contributed by atoms with E-state index in [1.165, 1.54) is 29.4 Å². The monoisotopic (exact) mass is 270 g/mol. The van der Waals surface area contributed by atoms with Crippen molar-refractivity contribution in [2.45, 2.75) is 29.2 Å². The molecule has 17 heavy (non-hydrogen) atoms. The Kier molecular flexibility index (Phi) is 4.09. The van der Waals surface area contributed by atoms with Gasteiger partial charge in [-0.05, 0) is 23.2 Å². The van der Waals surface area contributed by atoms with Crippen LogP contribution in [0.15, 0.2) is 27.4 Å². The van der Waals surface area contributed by atoms with Gasteiger partial charge in [0.25, 0.3) is 0 Å². The molecule has 2 aromatic rings. The van der Waals surface area contributed by atoms with E-state index in [0.717, 1.165) is 12.2 Å². The maximum Gasteiger partial charge on any atom is 0.174 e. The predicted octanol–water partition coefficient (Wildman–Crippen LogP) is 2.88. The van der Waals surface area contributed by atoms with Crippen molar-refractivity contribution >= 4 is 23.3 Å². The highest BCUT2D eigenvalue weighted by atomic mass is 32.2. The van der Waals surface area contributed by atoms with E-state index >= 15 is 0 Å². The minimum Gasteiger partial charge on any atom is -0.392 e. The highest BCUT2D eigenvalue weighted by Gasteiger charge is 2.12. The Balaban J connectivity index is 2.28. The van der Waals surface area contributed by atoms with Crippen LogP contribution in [-0.4, -0.2) is 14.5 Å². The van der Waals surface area contributed by atoms with Gasteiger partial charge >= 0.3 is 0 Å². The summed E-state index contributed by atoms with van der Waals surface area (Å²) in [5.74, 6) is 0.425. The Labute approximate surface area is 107 Å². The summed E-state index contributed by atoms with van der Waals surface area (Å²) in [6, 6.07) is 4.67. The van der Waals surface area contributed by atoms with Gasteiger partial charge in [-0.25, -0.2) is 9.37 Å². The maximum absolute atomic E-state index is 13.6. The molecule has 0 aliphatic carbocycles. The van der Waals surface area contributed by atoms with E-state index in [2.05, 4.69) is 9.36 Å². The molecule has 0 saturated carbocycles. The van der Waals surface area contributed by atoms with Gasteiger partial charge in [-0.15, -0.1) is 0 Å². The highest BCUT2D eigenvalue weighted by molar-refractivity contribution is 8.01. The average Bonchev–Trinajstić information content (AvgIpc) is 2.79. The lowest BCUT2D eigenvalue weighted by atomic mass is 10.2. The minimum atomic E-state index is -0.338. The highest BCUT2D eigenvalue weighted by Crippen LogP contribution is 2.33. The van der Waals surface area contributed by atoms with E-state index in [-0.39, 0.29) is 12.4 Å². The molecule has 3 nitrogen and oxygen atoms in total. The summed E-state index contributed by atoms with van der Waals surface area (Å²) in [7, 11) is 0. The second kappa shape index (κ2) is 5.57. The van der Waals surface area contributed by atoms with E-state index < -0.39 is 0 Å². The van der Waals surface area contributed by atoms with Gasteiger partial charge in [0.2, 0.25) is 0 Å². The lowest BCUT2D eigenvalue weighted by molar-refractivity contribution is 0.277. The summed E-state index contributed by atoms with van der Waals surface area (Å²) in [6.07, 6.45) is 0.765. The van der Waals surface area contributed by atoms with Crippen molar-refractivity contribution in [1.82, 2.24) is 9.36 Å². The Hall–Kier alpha value is -0.980. The number of aromatic nitrogens is 2. The van der Waals surface area contributed by atoms with Crippen LogP contribution >= 0.6 is 23.3 Å². The van der Waals surface area contributed by atoms with E-state index in [1.54, 1.807) is 12.1 Å². The maximum atomic E-state index is 13.6. The van der Waals surface area contributed by atoms with Gasteiger partial charge in [0, 0.05) is 6.42 Å². The Morgan fingerprint density at radius 2 is 2.29 bits per heavy atom. The molecule has 1 N–H and O–H groups in total. The molecule has 0 aliphatic rings. The lowest BCUT2D eigenvalue weighted by Crippen LogP contribution is -1.91. The fourth-order valence-electron chi connectivity index (χ4n) is 1.30. The van der Waals surface area contributed by atoms with Crippen molar-refractivity contribution in [1.29, 1.82) is 0 Å². The first-order chi connectivity index (χ1) is 8.24. The number of aliphatic hydroxyl groups is 1. The van der Waals surface area contributed by atoms with Crippen molar-refractivity contribution in [2.75, 3.05) is 0 Å². The molecular weight excluding hydrogens is 259 g/mol. The van der Waals surface area contributed by atoms with Crippen LogP contribution in [0.25, 0.3) is 0 Å². The molecule has 90 valence electrons. The van der Waals surface area contributed by atoms with Gasteiger partial charge in [0.1, 0.15) is 11.6 Å². The average molecular weight is 270 g/mol. The molecule has 1 aromatic carbocycles. The van der Waals surface area contributed by atoms with Crippen LogP contribution in [0, 0.1) is 5.82 Å². The second-order valence-corrected chi connectivity index (χ2v) is 5.33. The van der Waals surface area contributed by atoms with Gasteiger partial charge in [-0.3, -0.25) is 0 Å². The standard InChI is InChI=1S/C11H11FN2OS2/c1-2-9-13-11(17-14-9)16-10-7(6-15)4-3-5-8(10)12/h3-5,15H,2,6H2,1H3. The molecule has 0 spiro atoms. The zero-order chi connectivity index (χ0) is 12.3. The largest absolute Gasteiger partial charge is 0.392 e. The number of nitrogens with zero attached hydrogens (tertiary/aromatic N) is 2. The summed E-state index contributed by atoms with van der Waals surface area (Å²) in [4.78, 5) is 4.69. The molecule has 2 rings (SSSR count). The molecular formula is C11H11FN2OS2. The van der Waals surface area contributed by atoms with Crippen molar-refractivity contribution in [2.24, 2.45) is 0 Å². The van der Waals surface area contributed by atoms with Crippen LogP contribution < -0.4 is 0 Å². The van der Waals surface area contributed by atoms with Crippen molar-refractivity contribution in [3.8, 4) is 0 Å². The third-order valence-electron chi connectivity index (χ3n) is 2.17. The molecule has 0 aliphatic heterocycles. The Bertz CT molecular complexity index is 516. The molecule has 0 atom stereocenters. The van der Waals surface area contributed by atoms with E-state index in [1.807, 2.05) is 6.92 Å². The number of hydrogen-bond acceptors (Lipinski definition) is 5. The summed E-state index contributed by atoms with van der Waals surface area (Å²) in [6.45, 7) is 1.79. The van der Waals surface area contributed by atoms with Crippen molar-refractivity contribution in [3.05, 3.63) is 35.4 Å². The summed E-state index contributed by atoms with van der Waals surface area (Å²) >= 11 is 2.46. The van der Waals surface area contributed by atoms with Crippen LogP contribution in [0.1, 0.15) is 18.3 Å². The lowest BCUT2D eigenvalue weighted by Gasteiger charge is -2.05. The SMILES string of the molecule is CCc1nsc(Sc2c(F)cccc2CO)n1. The number of aliphatic hydroxyl groups excluding tert-OH is 1. The van der Waals surface area contributed by atoms with Gasteiger partial charge in [0.05, 0.1) is 11.5 Å². The summed E-state index contributed by atoms with van der Waals surface area (Å²) in [5.41, 5.74) is 0.572. The third-order valence-corrected chi connectivity index (χ3v) is 4.12. The van der Waals surface area contributed by atoms with Crippen LogP contribution in [0.2, 0.25) is 0 Å². The Morgan fingerprint density at radius 3 is 2.94 bits per heavy atom. The van der Waals surface area contributed by atoms with Gasteiger partial charge in [-0.1, -0.05) is 30.8 Å². The predicted molar refractivity (Wildman–Crippen MR) is 65.7 cm³/mol. The summed E-state index contributed by atoms with van der Waals surface area (Å²) < 4.78 is 18.5. The molecule has 0 unspecified atom stereocenters. The number of halogens is 1. The van der Waals surface area contributed by atoms with Crippen LogP contribution in [0.3, 0.4) is 0 Å². The molecule has 0 radical (unpaired) electrons. The number of aryl methyl sites for hydroxylation is 1. The fraction of sp³-hybridized carbons (Fsp3) is 0.273. The topological polar surface area (TPSA) is 46.0 Å². The minimum absolute atomic E-state index is 0.181. The van der Waals surface area contributed by atoms with E-state index in [9.17, 15) is 4.39 Å². The molecule has 0 bridgehead atoms. The first kappa shape index (κ1) is 12.5. The van der Waals surface area contributed by atoms with Crippen LogP contribution in [0.4, 0.5) is 4.39 Å². The molecule has 0 saturated heterocycles. The quantitative estimate of drug-likeness (QED) is 0.928. The van der Waals surface area contributed by atoms with Crippen molar-refractivity contribution in [3.63, 3.8) is 0 Å². The summed E-state index contributed by atoms with van der Waals surface area (Å²) in [5, 5.41) is 9.16. The number of rotatable bonds is 4. The smallest absolute Gasteiger partial charge is 0.174 e. The van der Waals surface area contributed by atoms with Gasteiger partial charge in [-0.2, -0.15) is 4.37 Å². The van der Waals surface area contributed by atoms with Crippen LogP contribution in [0.5, 0.6) is 0 Å². The van der Waals surface area contributed by atoms with Gasteiger partial charge < -0.3 is 5.11 Å². The first-order valence-electron chi connectivity index (χ1n) is 5.13. The molecule has 6 heteroatoms. The molecule has 0 amide bonds. The normalized spacial score (nSPS) is 10.8. The van der Waals surface area contributed by atoms with E-state index in [0.29, 0.717) is 14.8 Å². The molecule has 0 fully saturated rings. The second-order valence-electron chi connectivity index (χ2n) is 3.32.